The number of nitrogens with zero attached hydrogens (tertiary/aromatic N) is 5. The van der Waals surface area contributed by atoms with E-state index in [0.29, 0.717) is 30.1 Å². The van der Waals surface area contributed by atoms with Crippen molar-refractivity contribution >= 4 is 17.8 Å². The zero-order valence-electron chi connectivity index (χ0n) is 14.8. The van der Waals surface area contributed by atoms with Gasteiger partial charge < -0.3 is 4.90 Å². The van der Waals surface area contributed by atoms with Gasteiger partial charge in [-0.1, -0.05) is 12.8 Å². The van der Waals surface area contributed by atoms with E-state index in [2.05, 4.69) is 25.3 Å². The maximum atomic E-state index is 12.6. The fourth-order valence-electron chi connectivity index (χ4n) is 3.94. The Balaban J connectivity index is 1.37. The van der Waals surface area contributed by atoms with E-state index in [4.69, 9.17) is 0 Å². The van der Waals surface area contributed by atoms with Gasteiger partial charge in [0.15, 0.2) is 0 Å². The van der Waals surface area contributed by atoms with Gasteiger partial charge in [-0.2, -0.15) is 0 Å². The van der Waals surface area contributed by atoms with Gasteiger partial charge in [0.1, 0.15) is 0 Å². The van der Waals surface area contributed by atoms with E-state index in [1.54, 1.807) is 24.7 Å². The minimum Gasteiger partial charge on any atom is -0.342 e. The number of likely N-dealkylation sites (tertiary alicyclic amines) is 1. The molecule has 2 aromatic rings. The van der Waals surface area contributed by atoms with Crippen molar-refractivity contribution in [3.05, 3.63) is 36.4 Å². The number of carbonyl (C=O) groups excluding carboxylic acids is 1. The van der Waals surface area contributed by atoms with Crippen LogP contribution in [0.2, 0.25) is 0 Å². The van der Waals surface area contributed by atoms with Gasteiger partial charge >= 0.3 is 0 Å². The molecule has 7 nitrogen and oxygen atoms in total. The van der Waals surface area contributed by atoms with E-state index in [9.17, 15) is 4.79 Å². The molecule has 2 aliphatic rings. The molecule has 136 valence electrons. The Morgan fingerprint density at radius 3 is 2.65 bits per heavy atom. The zero-order chi connectivity index (χ0) is 17.8. The highest BCUT2D eigenvalue weighted by molar-refractivity contribution is 5.76. The summed E-state index contributed by atoms with van der Waals surface area (Å²) in [6, 6.07) is 3.70. The minimum absolute atomic E-state index is 0.266. The number of amides is 1. The van der Waals surface area contributed by atoms with E-state index in [1.807, 2.05) is 11.0 Å². The first-order valence-corrected chi connectivity index (χ1v) is 9.42. The Labute approximate surface area is 153 Å². The van der Waals surface area contributed by atoms with Crippen LogP contribution in [-0.4, -0.2) is 43.8 Å². The van der Waals surface area contributed by atoms with Gasteiger partial charge in [-0.15, -0.1) is 0 Å². The summed E-state index contributed by atoms with van der Waals surface area (Å²) in [5.74, 6) is 2.14. The third kappa shape index (κ3) is 3.98. The van der Waals surface area contributed by atoms with Crippen LogP contribution in [-0.2, 0) is 4.79 Å². The fourth-order valence-corrected chi connectivity index (χ4v) is 3.94. The van der Waals surface area contributed by atoms with E-state index in [-0.39, 0.29) is 5.92 Å². The second kappa shape index (κ2) is 7.76. The number of hydrogen-bond acceptors (Lipinski definition) is 6. The largest absolute Gasteiger partial charge is 0.342 e. The molecule has 1 atom stereocenters. The lowest BCUT2D eigenvalue weighted by atomic mass is 10.0. The van der Waals surface area contributed by atoms with Crippen LogP contribution < -0.4 is 5.32 Å². The smallest absolute Gasteiger partial charge is 0.229 e. The predicted octanol–water partition coefficient (Wildman–Crippen LogP) is 2.91. The highest BCUT2D eigenvalue weighted by Crippen LogP contribution is 2.31. The van der Waals surface area contributed by atoms with Crippen LogP contribution in [0.25, 0.3) is 0 Å². The molecule has 0 radical (unpaired) electrons. The number of aromatic nitrogens is 4. The van der Waals surface area contributed by atoms with Crippen LogP contribution in [0.5, 0.6) is 0 Å². The summed E-state index contributed by atoms with van der Waals surface area (Å²) >= 11 is 0. The molecule has 1 N–H and O–H groups in total. The molecule has 26 heavy (non-hydrogen) atoms. The van der Waals surface area contributed by atoms with Crippen molar-refractivity contribution in [2.45, 2.75) is 44.4 Å². The van der Waals surface area contributed by atoms with Gasteiger partial charge in [0.2, 0.25) is 17.8 Å². The SMILES string of the molecule is O=C(CC1CCCC1)N1CCC(c2ccnc(Nc3ncccn3)n2)C1. The highest BCUT2D eigenvalue weighted by Gasteiger charge is 2.30. The van der Waals surface area contributed by atoms with E-state index < -0.39 is 0 Å². The Kier molecular flexibility index (Phi) is 5.04. The monoisotopic (exact) mass is 352 g/mol. The average Bonchev–Trinajstić information content (AvgIpc) is 3.35. The molecule has 2 fully saturated rings. The molecule has 1 aliphatic carbocycles. The molecule has 0 bridgehead atoms. The number of anilines is 2. The maximum absolute atomic E-state index is 12.6. The van der Waals surface area contributed by atoms with Crippen LogP contribution in [0.4, 0.5) is 11.9 Å². The minimum atomic E-state index is 0.266. The first-order valence-electron chi connectivity index (χ1n) is 9.42. The van der Waals surface area contributed by atoms with E-state index >= 15 is 0 Å². The summed E-state index contributed by atoms with van der Waals surface area (Å²) in [7, 11) is 0. The topological polar surface area (TPSA) is 83.9 Å². The van der Waals surface area contributed by atoms with Crippen molar-refractivity contribution in [1.29, 1.82) is 0 Å². The Morgan fingerprint density at radius 1 is 1.08 bits per heavy atom. The number of rotatable bonds is 5. The third-order valence-corrected chi connectivity index (χ3v) is 5.36. The third-order valence-electron chi connectivity index (χ3n) is 5.36. The normalized spacial score (nSPS) is 20.5. The summed E-state index contributed by atoms with van der Waals surface area (Å²) in [6.07, 6.45) is 11.7. The van der Waals surface area contributed by atoms with Gasteiger partial charge in [-0.25, -0.2) is 19.9 Å². The van der Waals surface area contributed by atoms with Crippen LogP contribution in [0, 0.1) is 5.92 Å². The van der Waals surface area contributed by atoms with E-state index in [1.165, 1.54) is 25.7 Å². The van der Waals surface area contributed by atoms with Gasteiger partial charge in [0.25, 0.3) is 0 Å². The molecular weight excluding hydrogens is 328 g/mol. The number of carbonyl (C=O) groups is 1. The van der Waals surface area contributed by atoms with Crippen molar-refractivity contribution < 1.29 is 4.79 Å². The molecule has 0 aromatic carbocycles. The molecule has 2 aromatic heterocycles. The van der Waals surface area contributed by atoms with Gasteiger partial charge in [-0.05, 0) is 37.3 Å². The molecule has 1 aliphatic heterocycles. The molecular formula is C19H24N6O. The average molecular weight is 352 g/mol. The van der Waals surface area contributed by atoms with Crippen LogP contribution in [0.15, 0.2) is 30.7 Å². The lowest BCUT2D eigenvalue weighted by Crippen LogP contribution is -2.29. The van der Waals surface area contributed by atoms with Gasteiger partial charge in [0.05, 0.1) is 5.69 Å². The van der Waals surface area contributed by atoms with Gasteiger partial charge in [-0.3, -0.25) is 10.1 Å². The van der Waals surface area contributed by atoms with Crippen LogP contribution >= 0.6 is 0 Å². The zero-order valence-corrected chi connectivity index (χ0v) is 14.8. The maximum Gasteiger partial charge on any atom is 0.229 e. The lowest BCUT2D eigenvalue weighted by Gasteiger charge is -2.18. The highest BCUT2D eigenvalue weighted by atomic mass is 16.2. The number of hydrogen-bond donors (Lipinski definition) is 1. The van der Waals surface area contributed by atoms with Crippen molar-refractivity contribution in [2.24, 2.45) is 5.92 Å². The predicted molar refractivity (Wildman–Crippen MR) is 97.9 cm³/mol. The van der Waals surface area contributed by atoms with Crippen molar-refractivity contribution in [1.82, 2.24) is 24.8 Å². The van der Waals surface area contributed by atoms with E-state index in [0.717, 1.165) is 25.2 Å². The van der Waals surface area contributed by atoms with Crippen molar-refractivity contribution in [2.75, 3.05) is 18.4 Å². The standard InChI is InChI=1S/C19H24N6O/c26-17(12-14-4-1-2-5-14)25-11-7-15(13-25)16-6-10-22-19(23-16)24-18-20-8-3-9-21-18/h3,6,8-10,14-15H,1-2,4-5,7,11-13H2,(H,20,21,22,23,24). The molecule has 1 unspecified atom stereocenters. The summed E-state index contributed by atoms with van der Waals surface area (Å²) in [5.41, 5.74) is 0.967. The molecule has 7 heteroatoms. The van der Waals surface area contributed by atoms with Gasteiger partial charge in [0, 0.05) is 44.0 Å². The molecule has 3 heterocycles. The molecule has 1 saturated heterocycles. The quantitative estimate of drug-likeness (QED) is 0.891. The van der Waals surface area contributed by atoms with Crippen molar-refractivity contribution in [3.8, 4) is 0 Å². The second-order valence-corrected chi connectivity index (χ2v) is 7.18. The lowest BCUT2D eigenvalue weighted by molar-refractivity contribution is -0.131. The summed E-state index contributed by atoms with van der Waals surface area (Å²) in [5, 5.41) is 3.03. The molecule has 0 spiro atoms. The fraction of sp³-hybridized carbons (Fsp3) is 0.526. The van der Waals surface area contributed by atoms with Crippen LogP contribution in [0.3, 0.4) is 0 Å². The first kappa shape index (κ1) is 16.9. The number of nitrogens with one attached hydrogen (secondary N) is 1. The molecule has 1 saturated carbocycles. The Morgan fingerprint density at radius 2 is 1.85 bits per heavy atom. The summed E-state index contributed by atoms with van der Waals surface area (Å²) in [6.45, 7) is 1.58. The summed E-state index contributed by atoms with van der Waals surface area (Å²) < 4.78 is 0. The van der Waals surface area contributed by atoms with Crippen LogP contribution in [0.1, 0.15) is 50.1 Å². The Hall–Kier alpha value is -2.57. The molecule has 1 amide bonds. The van der Waals surface area contributed by atoms with Crippen molar-refractivity contribution in [3.63, 3.8) is 0 Å². The first-order chi connectivity index (χ1) is 12.8. The molecule has 4 rings (SSSR count). The Bertz CT molecular complexity index is 747. The summed E-state index contributed by atoms with van der Waals surface area (Å²) in [4.78, 5) is 31.7. The second-order valence-electron chi connectivity index (χ2n) is 7.18.